The summed E-state index contributed by atoms with van der Waals surface area (Å²) in [5.41, 5.74) is -0.203. The number of piperidine rings is 2. The maximum Gasteiger partial charge on any atom is 0.227 e. The van der Waals surface area contributed by atoms with Gasteiger partial charge >= 0.3 is 0 Å². The number of fused-ring (bicyclic) bond motifs is 1. The standard InChI is InChI=1S/C19H30N2O4/c1-3-7-20-9-5-18-19(13-20,14-22)6-4-8-21(18)11-15-10-16(23)17(24-2)12-25-15/h10,12,18,22H,3-9,11,13-14H2,1-2H3/t18-,19-/m0/s1. The molecule has 2 aliphatic heterocycles. The van der Waals surface area contributed by atoms with E-state index in [-0.39, 0.29) is 23.2 Å². The molecule has 0 aliphatic carbocycles. The Morgan fingerprint density at radius 2 is 2.28 bits per heavy atom. The van der Waals surface area contributed by atoms with Crippen LogP contribution >= 0.6 is 0 Å². The van der Waals surface area contributed by atoms with Crippen molar-refractivity contribution in [2.24, 2.45) is 5.41 Å². The summed E-state index contributed by atoms with van der Waals surface area (Å²) in [6.07, 6.45) is 5.73. The lowest BCUT2D eigenvalue weighted by Gasteiger charge is -2.54. The molecule has 1 aromatic heterocycles. The molecule has 0 saturated carbocycles. The number of aliphatic hydroxyl groups is 1. The van der Waals surface area contributed by atoms with Crippen LogP contribution in [0, 0.1) is 5.41 Å². The van der Waals surface area contributed by atoms with Crippen molar-refractivity contribution in [1.82, 2.24) is 9.80 Å². The molecular weight excluding hydrogens is 320 g/mol. The molecular formula is C19H30N2O4. The van der Waals surface area contributed by atoms with Crippen LogP contribution in [0.1, 0.15) is 38.4 Å². The highest BCUT2D eigenvalue weighted by Gasteiger charge is 2.47. The molecule has 0 bridgehead atoms. The molecule has 2 aliphatic rings. The summed E-state index contributed by atoms with van der Waals surface area (Å²) in [6.45, 7) is 7.16. The van der Waals surface area contributed by atoms with Crippen molar-refractivity contribution in [2.75, 3.05) is 39.9 Å². The molecule has 1 N–H and O–H groups in total. The molecule has 2 atom stereocenters. The molecule has 2 saturated heterocycles. The Kier molecular flexibility index (Phi) is 5.81. The number of aliphatic hydroxyl groups excluding tert-OH is 1. The van der Waals surface area contributed by atoms with Gasteiger partial charge in [0.05, 0.1) is 20.3 Å². The second-order valence-corrected chi connectivity index (χ2v) is 7.45. The van der Waals surface area contributed by atoms with Crippen LogP contribution in [-0.4, -0.2) is 60.8 Å². The molecule has 3 rings (SSSR count). The summed E-state index contributed by atoms with van der Waals surface area (Å²) in [7, 11) is 1.47. The average molecular weight is 350 g/mol. The number of methoxy groups -OCH3 is 1. The van der Waals surface area contributed by atoms with Gasteiger partial charge in [0, 0.05) is 24.1 Å². The SMILES string of the molecule is CCCN1CC[C@@H]2N(Cc3cc(=O)c(OC)co3)CCC[C@@]2(CO)C1. The van der Waals surface area contributed by atoms with Crippen molar-refractivity contribution in [3.05, 3.63) is 28.3 Å². The Hall–Kier alpha value is -1.37. The lowest BCUT2D eigenvalue weighted by atomic mass is 9.69. The van der Waals surface area contributed by atoms with E-state index in [1.54, 1.807) is 0 Å². The Bertz CT molecular complexity index is 632. The minimum atomic E-state index is -0.146. The predicted octanol–water partition coefficient (Wildman–Crippen LogP) is 1.71. The second kappa shape index (κ2) is 7.89. The van der Waals surface area contributed by atoms with E-state index in [1.165, 1.54) is 19.4 Å². The van der Waals surface area contributed by atoms with Crippen LogP contribution in [0.3, 0.4) is 0 Å². The predicted molar refractivity (Wildman–Crippen MR) is 95.8 cm³/mol. The van der Waals surface area contributed by atoms with Crippen LogP contribution in [0.15, 0.2) is 21.5 Å². The Morgan fingerprint density at radius 1 is 1.44 bits per heavy atom. The molecule has 0 unspecified atom stereocenters. The first-order chi connectivity index (χ1) is 12.1. The second-order valence-electron chi connectivity index (χ2n) is 7.45. The fourth-order valence-electron chi connectivity index (χ4n) is 4.65. The Morgan fingerprint density at radius 3 is 2.96 bits per heavy atom. The van der Waals surface area contributed by atoms with E-state index >= 15 is 0 Å². The van der Waals surface area contributed by atoms with Gasteiger partial charge in [-0.1, -0.05) is 6.92 Å². The summed E-state index contributed by atoms with van der Waals surface area (Å²) in [4.78, 5) is 16.9. The highest BCUT2D eigenvalue weighted by Crippen LogP contribution is 2.41. The van der Waals surface area contributed by atoms with Crippen molar-refractivity contribution in [3.63, 3.8) is 0 Å². The van der Waals surface area contributed by atoms with Gasteiger partial charge in [-0.05, 0) is 45.3 Å². The minimum absolute atomic E-state index is 0.0571. The third-order valence-corrected chi connectivity index (χ3v) is 5.81. The zero-order valence-electron chi connectivity index (χ0n) is 15.4. The van der Waals surface area contributed by atoms with Gasteiger partial charge in [0.25, 0.3) is 0 Å². The van der Waals surface area contributed by atoms with Crippen molar-refractivity contribution >= 4 is 0 Å². The van der Waals surface area contributed by atoms with E-state index in [4.69, 9.17) is 9.15 Å². The summed E-state index contributed by atoms with van der Waals surface area (Å²) < 4.78 is 10.6. The van der Waals surface area contributed by atoms with Gasteiger partial charge in [-0.3, -0.25) is 9.69 Å². The molecule has 0 radical (unpaired) electrons. The van der Waals surface area contributed by atoms with Crippen LogP contribution in [0.5, 0.6) is 5.75 Å². The maximum atomic E-state index is 12.0. The summed E-state index contributed by atoms with van der Waals surface area (Å²) in [6, 6.07) is 1.87. The Labute approximate surface area is 149 Å². The first kappa shape index (κ1) is 18.4. The van der Waals surface area contributed by atoms with Gasteiger partial charge in [-0.15, -0.1) is 0 Å². The molecule has 0 aromatic carbocycles. The number of ether oxygens (including phenoxy) is 1. The Balaban J connectivity index is 1.76. The van der Waals surface area contributed by atoms with Crippen molar-refractivity contribution in [2.45, 2.75) is 45.2 Å². The smallest absolute Gasteiger partial charge is 0.227 e. The summed E-state index contributed by atoms with van der Waals surface area (Å²) >= 11 is 0. The summed E-state index contributed by atoms with van der Waals surface area (Å²) in [5, 5.41) is 10.2. The van der Waals surface area contributed by atoms with Crippen LogP contribution in [-0.2, 0) is 6.54 Å². The highest BCUT2D eigenvalue weighted by molar-refractivity contribution is 5.17. The number of hydrogen-bond acceptors (Lipinski definition) is 6. The largest absolute Gasteiger partial charge is 0.490 e. The lowest BCUT2D eigenvalue weighted by molar-refractivity contribution is -0.0830. The zero-order valence-corrected chi connectivity index (χ0v) is 15.4. The molecule has 1 aromatic rings. The zero-order chi connectivity index (χ0) is 17.9. The number of nitrogens with zero attached hydrogens (tertiary/aromatic N) is 2. The fourth-order valence-corrected chi connectivity index (χ4v) is 4.65. The van der Waals surface area contributed by atoms with Gasteiger partial charge in [0.15, 0.2) is 0 Å². The van der Waals surface area contributed by atoms with Crippen molar-refractivity contribution < 1.29 is 14.3 Å². The first-order valence-corrected chi connectivity index (χ1v) is 9.35. The third kappa shape index (κ3) is 3.76. The van der Waals surface area contributed by atoms with Crippen LogP contribution in [0.2, 0.25) is 0 Å². The molecule has 140 valence electrons. The van der Waals surface area contributed by atoms with E-state index < -0.39 is 0 Å². The molecule has 3 heterocycles. The molecule has 6 heteroatoms. The van der Waals surface area contributed by atoms with Crippen LogP contribution < -0.4 is 10.2 Å². The maximum absolute atomic E-state index is 12.0. The molecule has 2 fully saturated rings. The molecule has 0 amide bonds. The quantitative estimate of drug-likeness (QED) is 0.842. The van der Waals surface area contributed by atoms with E-state index in [1.807, 2.05) is 0 Å². The number of rotatable bonds is 6. The number of likely N-dealkylation sites (tertiary alicyclic amines) is 2. The van der Waals surface area contributed by atoms with Gasteiger partial charge < -0.3 is 19.2 Å². The molecule has 0 spiro atoms. The minimum Gasteiger partial charge on any atom is -0.490 e. The number of hydrogen-bond donors (Lipinski definition) is 1. The molecule has 6 nitrogen and oxygen atoms in total. The monoisotopic (exact) mass is 350 g/mol. The normalized spacial score (nSPS) is 27.9. The van der Waals surface area contributed by atoms with Crippen LogP contribution in [0.25, 0.3) is 0 Å². The van der Waals surface area contributed by atoms with E-state index in [2.05, 4.69) is 16.7 Å². The van der Waals surface area contributed by atoms with E-state index in [0.717, 1.165) is 51.9 Å². The highest BCUT2D eigenvalue weighted by atomic mass is 16.5. The van der Waals surface area contributed by atoms with Gasteiger partial charge in [0.2, 0.25) is 11.2 Å². The van der Waals surface area contributed by atoms with Crippen molar-refractivity contribution in [1.29, 1.82) is 0 Å². The fraction of sp³-hybridized carbons (Fsp3) is 0.737. The average Bonchev–Trinajstić information content (AvgIpc) is 2.62. The summed E-state index contributed by atoms with van der Waals surface area (Å²) in [5.74, 6) is 0.899. The van der Waals surface area contributed by atoms with Gasteiger partial charge in [-0.2, -0.15) is 0 Å². The lowest BCUT2D eigenvalue weighted by Crippen LogP contribution is -2.62. The van der Waals surface area contributed by atoms with Gasteiger partial charge in [-0.25, -0.2) is 0 Å². The van der Waals surface area contributed by atoms with Crippen molar-refractivity contribution in [3.8, 4) is 5.75 Å². The molecule has 25 heavy (non-hydrogen) atoms. The van der Waals surface area contributed by atoms with Crippen LogP contribution in [0.4, 0.5) is 0 Å². The van der Waals surface area contributed by atoms with E-state index in [9.17, 15) is 9.90 Å². The third-order valence-electron chi connectivity index (χ3n) is 5.81. The van der Waals surface area contributed by atoms with E-state index in [0.29, 0.717) is 18.3 Å². The topological polar surface area (TPSA) is 66.2 Å². The first-order valence-electron chi connectivity index (χ1n) is 9.35. The van der Waals surface area contributed by atoms with Gasteiger partial charge in [0.1, 0.15) is 12.0 Å².